The summed E-state index contributed by atoms with van der Waals surface area (Å²) in [6, 6.07) is 7.14. The number of benzene rings is 1. The minimum atomic E-state index is -3.80. The first-order valence-corrected chi connectivity index (χ1v) is 10.6. The van der Waals surface area contributed by atoms with E-state index >= 15 is 0 Å². The largest absolute Gasteiger partial charge is 0.477 e. The van der Waals surface area contributed by atoms with E-state index in [0.717, 1.165) is 17.8 Å². The maximum Gasteiger partial charge on any atom is 0.347 e. The van der Waals surface area contributed by atoms with Gasteiger partial charge in [0.1, 0.15) is 10.9 Å². The quantitative estimate of drug-likeness (QED) is 0.783. The molecule has 1 atom stereocenters. The third-order valence-electron chi connectivity index (χ3n) is 4.33. The van der Waals surface area contributed by atoms with E-state index < -0.39 is 27.9 Å². The number of anilines is 1. The highest BCUT2D eigenvalue weighted by atomic mass is 32.2. The highest BCUT2D eigenvalue weighted by Gasteiger charge is 2.38. The molecule has 0 saturated carbocycles. The fraction of sp³-hybridized carbons (Fsp3) is 0.353. The van der Waals surface area contributed by atoms with Crippen LogP contribution in [0, 0.1) is 6.92 Å². The molecule has 1 amide bonds. The Morgan fingerprint density at radius 2 is 1.96 bits per heavy atom. The standard InChI is InChI=1S/C17H19N3O5S2/c1-11-14(16(22)23)26-17(18-11)19-15(21)13-9-5-6-10-20(13)27(24,25)12-7-3-2-4-8-12/h2-4,7-8,13H,5-6,9-10H2,1H3,(H,22,23)(H,18,19,21). The molecule has 27 heavy (non-hydrogen) atoms. The molecule has 144 valence electrons. The summed E-state index contributed by atoms with van der Waals surface area (Å²) in [5.41, 5.74) is 0.306. The van der Waals surface area contributed by atoms with Crippen molar-refractivity contribution in [2.24, 2.45) is 0 Å². The van der Waals surface area contributed by atoms with Crippen molar-refractivity contribution in [1.29, 1.82) is 0 Å². The van der Waals surface area contributed by atoms with E-state index in [2.05, 4.69) is 10.3 Å². The molecule has 1 aromatic carbocycles. The molecule has 0 spiro atoms. The minimum absolute atomic E-state index is 0.0442. The zero-order valence-electron chi connectivity index (χ0n) is 14.6. The number of aromatic nitrogens is 1. The molecule has 1 aliphatic rings. The molecule has 10 heteroatoms. The number of rotatable bonds is 5. The van der Waals surface area contributed by atoms with Gasteiger partial charge in [0.2, 0.25) is 15.9 Å². The Morgan fingerprint density at radius 3 is 2.59 bits per heavy atom. The van der Waals surface area contributed by atoms with Crippen LogP contribution >= 0.6 is 11.3 Å². The van der Waals surface area contributed by atoms with Crippen LogP contribution in [0.3, 0.4) is 0 Å². The third kappa shape index (κ3) is 4.02. The predicted molar refractivity (Wildman–Crippen MR) is 100 cm³/mol. The summed E-state index contributed by atoms with van der Waals surface area (Å²) in [7, 11) is -3.80. The van der Waals surface area contributed by atoms with Crippen LogP contribution in [0.15, 0.2) is 35.2 Å². The number of nitrogens with one attached hydrogen (secondary N) is 1. The summed E-state index contributed by atoms with van der Waals surface area (Å²) in [6.07, 6.45) is 1.81. The second-order valence-corrected chi connectivity index (χ2v) is 9.06. The third-order valence-corrected chi connectivity index (χ3v) is 7.31. The molecule has 0 radical (unpaired) electrons. The number of carboxylic acid groups (broad SMARTS) is 1. The molecule has 1 aliphatic heterocycles. The zero-order chi connectivity index (χ0) is 19.6. The number of thiazole rings is 1. The molecule has 1 aromatic heterocycles. The van der Waals surface area contributed by atoms with Crippen molar-refractivity contribution in [3.63, 3.8) is 0 Å². The van der Waals surface area contributed by atoms with Gasteiger partial charge in [0.15, 0.2) is 5.13 Å². The summed E-state index contributed by atoms with van der Waals surface area (Å²) in [4.78, 5) is 28.1. The lowest BCUT2D eigenvalue weighted by Gasteiger charge is -2.33. The number of piperidine rings is 1. The molecule has 8 nitrogen and oxygen atoms in total. The fourth-order valence-corrected chi connectivity index (χ4v) is 5.51. The molecule has 2 N–H and O–H groups in total. The topological polar surface area (TPSA) is 117 Å². The van der Waals surface area contributed by atoms with Crippen LogP contribution in [0.25, 0.3) is 0 Å². The summed E-state index contributed by atoms with van der Waals surface area (Å²) >= 11 is 0.854. The van der Waals surface area contributed by atoms with E-state index in [4.69, 9.17) is 5.11 Å². The average molecular weight is 409 g/mol. The van der Waals surface area contributed by atoms with Gasteiger partial charge < -0.3 is 10.4 Å². The van der Waals surface area contributed by atoms with Crippen LogP contribution in [0.4, 0.5) is 5.13 Å². The number of aromatic carboxylic acids is 1. The second kappa shape index (κ2) is 7.75. The van der Waals surface area contributed by atoms with Crippen LogP contribution in [0.5, 0.6) is 0 Å². The number of carbonyl (C=O) groups is 2. The highest BCUT2D eigenvalue weighted by Crippen LogP contribution is 2.28. The molecule has 3 rings (SSSR count). The van der Waals surface area contributed by atoms with E-state index in [1.807, 2.05) is 0 Å². The first kappa shape index (κ1) is 19.5. The van der Waals surface area contributed by atoms with Gasteiger partial charge in [-0.05, 0) is 31.9 Å². The van der Waals surface area contributed by atoms with Crippen LogP contribution in [0.1, 0.15) is 34.6 Å². The van der Waals surface area contributed by atoms with Crippen molar-refractivity contribution in [3.8, 4) is 0 Å². The molecular weight excluding hydrogens is 390 g/mol. The number of aryl methyl sites for hydroxylation is 1. The van der Waals surface area contributed by atoms with Gasteiger partial charge in [-0.15, -0.1) is 0 Å². The Bertz CT molecular complexity index is 956. The maximum absolute atomic E-state index is 13.0. The lowest BCUT2D eigenvalue weighted by atomic mass is 10.0. The van der Waals surface area contributed by atoms with Crippen molar-refractivity contribution >= 4 is 38.4 Å². The Hall–Kier alpha value is -2.30. The van der Waals surface area contributed by atoms with Crippen LogP contribution in [-0.2, 0) is 14.8 Å². The zero-order valence-corrected chi connectivity index (χ0v) is 16.2. The molecule has 1 fully saturated rings. The van der Waals surface area contributed by atoms with Gasteiger partial charge in [-0.25, -0.2) is 18.2 Å². The van der Waals surface area contributed by atoms with Gasteiger partial charge in [0.05, 0.1) is 10.6 Å². The molecule has 1 unspecified atom stereocenters. The van der Waals surface area contributed by atoms with E-state index in [1.165, 1.54) is 16.4 Å². The highest BCUT2D eigenvalue weighted by molar-refractivity contribution is 7.89. The van der Waals surface area contributed by atoms with E-state index in [9.17, 15) is 18.0 Å². The lowest BCUT2D eigenvalue weighted by molar-refractivity contribution is -0.120. The van der Waals surface area contributed by atoms with Gasteiger partial charge in [0.25, 0.3) is 0 Å². The van der Waals surface area contributed by atoms with Crippen LogP contribution in [0.2, 0.25) is 0 Å². The monoisotopic (exact) mass is 409 g/mol. The Morgan fingerprint density at radius 1 is 1.26 bits per heavy atom. The number of carboxylic acids is 1. The first-order chi connectivity index (χ1) is 12.8. The lowest BCUT2D eigenvalue weighted by Crippen LogP contribution is -2.49. The molecule has 1 saturated heterocycles. The van der Waals surface area contributed by atoms with Gasteiger partial charge in [0, 0.05) is 6.54 Å². The number of amides is 1. The molecular formula is C17H19N3O5S2. The summed E-state index contributed by atoms with van der Waals surface area (Å²) in [5, 5.41) is 11.8. The maximum atomic E-state index is 13.0. The average Bonchev–Trinajstić information content (AvgIpc) is 3.03. The summed E-state index contributed by atoms with van der Waals surface area (Å²) in [5.74, 6) is -1.61. The van der Waals surface area contributed by atoms with Gasteiger partial charge >= 0.3 is 5.97 Å². The van der Waals surface area contributed by atoms with Gasteiger partial charge in [-0.3, -0.25) is 4.79 Å². The van der Waals surface area contributed by atoms with Crippen molar-refractivity contribution in [2.45, 2.75) is 37.1 Å². The molecule has 2 aromatic rings. The Balaban J connectivity index is 1.84. The van der Waals surface area contributed by atoms with E-state index in [0.29, 0.717) is 18.5 Å². The molecule has 2 heterocycles. The van der Waals surface area contributed by atoms with Gasteiger partial charge in [-0.1, -0.05) is 36.0 Å². The van der Waals surface area contributed by atoms with E-state index in [-0.39, 0.29) is 21.4 Å². The summed E-state index contributed by atoms with van der Waals surface area (Å²) in [6.45, 7) is 1.80. The minimum Gasteiger partial charge on any atom is -0.477 e. The van der Waals surface area contributed by atoms with Crippen LogP contribution in [-0.4, -0.2) is 47.3 Å². The normalized spacial score (nSPS) is 18.2. The van der Waals surface area contributed by atoms with Gasteiger partial charge in [-0.2, -0.15) is 4.31 Å². The van der Waals surface area contributed by atoms with Crippen molar-refractivity contribution in [1.82, 2.24) is 9.29 Å². The smallest absolute Gasteiger partial charge is 0.347 e. The van der Waals surface area contributed by atoms with E-state index in [1.54, 1.807) is 25.1 Å². The predicted octanol–water partition coefficient (Wildman–Crippen LogP) is 2.33. The number of sulfonamides is 1. The fourth-order valence-electron chi connectivity index (χ4n) is 3.02. The number of hydrogen-bond donors (Lipinski definition) is 2. The van der Waals surface area contributed by atoms with Crippen molar-refractivity contribution in [3.05, 3.63) is 40.9 Å². The second-order valence-electron chi connectivity index (χ2n) is 6.17. The number of hydrogen-bond acceptors (Lipinski definition) is 6. The summed E-state index contributed by atoms with van der Waals surface area (Å²) < 4.78 is 27.1. The Kier molecular flexibility index (Phi) is 5.59. The number of nitrogens with zero attached hydrogens (tertiary/aromatic N) is 2. The van der Waals surface area contributed by atoms with Crippen molar-refractivity contribution in [2.75, 3.05) is 11.9 Å². The van der Waals surface area contributed by atoms with Crippen molar-refractivity contribution < 1.29 is 23.1 Å². The Labute approximate surface area is 160 Å². The molecule has 0 bridgehead atoms. The SMILES string of the molecule is Cc1nc(NC(=O)C2CCCCN2S(=O)(=O)c2ccccc2)sc1C(=O)O. The first-order valence-electron chi connectivity index (χ1n) is 8.39. The van der Waals surface area contributed by atoms with Crippen LogP contribution < -0.4 is 5.32 Å². The number of carbonyl (C=O) groups excluding carboxylic acids is 1. The molecule has 0 aliphatic carbocycles.